The zero-order chi connectivity index (χ0) is 17.5. The largest absolute Gasteiger partial charge is 0.383 e. The van der Waals surface area contributed by atoms with E-state index in [0.29, 0.717) is 24.1 Å². The average molecular weight is 331 g/mol. The second-order valence-corrected chi connectivity index (χ2v) is 5.73. The second-order valence-electron chi connectivity index (χ2n) is 5.73. The van der Waals surface area contributed by atoms with E-state index in [4.69, 9.17) is 4.74 Å². The maximum absolute atomic E-state index is 12.8. The van der Waals surface area contributed by atoms with Crippen LogP contribution in [0.4, 0.5) is 0 Å². The van der Waals surface area contributed by atoms with Crippen LogP contribution in [0.2, 0.25) is 0 Å². The molecule has 0 aliphatic heterocycles. The molecule has 6 heteroatoms. The molecule has 0 fully saturated rings. The molecule has 2 rings (SSSR count). The number of nitrogens with zero attached hydrogens (tertiary/aromatic N) is 3. The van der Waals surface area contributed by atoms with E-state index in [1.54, 1.807) is 17.9 Å². The SMILES string of the molecule is CCC(CC)N(CCOC)C(=O)Cn1ncc(=O)c2ccccc21. The summed E-state index contributed by atoms with van der Waals surface area (Å²) < 4.78 is 6.74. The molecule has 1 aromatic carbocycles. The van der Waals surface area contributed by atoms with E-state index >= 15 is 0 Å². The number of carbonyl (C=O) groups is 1. The molecule has 1 amide bonds. The summed E-state index contributed by atoms with van der Waals surface area (Å²) in [6.07, 6.45) is 3.06. The van der Waals surface area contributed by atoms with Gasteiger partial charge in [-0.3, -0.25) is 14.3 Å². The fourth-order valence-electron chi connectivity index (χ4n) is 2.94. The van der Waals surface area contributed by atoms with Gasteiger partial charge in [-0.15, -0.1) is 0 Å². The van der Waals surface area contributed by atoms with Gasteiger partial charge >= 0.3 is 0 Å². The van der Waals surface area contributed by atoms with Crippen molar-refractivity contribution in [2.45, 2.75) is 39.3 Å². The predicted molar refractivity (Wildman–Crippen MR) is 94.0 cm³/mol. The predicted octanol–water partition coefficient (Wildman–Crippen LogP) is 2.06. The molecule has 6 nitrogen and oxygen atoms in total. The molecule has 0 N–H and O–H groups in total. The molecular weight excluding hydrogens is 306 g/mol. The highest BCUT2D eigenvalue weighted by atomic mass is 16.5. The summed E-state index contributed by atoms with van der Waals surface area (Å²) in [5.41, 5.74) is 0.542. The summed E-state index contributed by atoms with van der Waals surface area (Å²) in [5.74, 6) is -0.0120. The highest BCUT2D eigenvalue weighted by molar-refractivity contribution is 5.81. The first-order valence-electron chi connectivity index (χ1n) is 8.35. The molecule has 0 saturated carbocycles. The molecule has 0 unspecified atom stereocenters. The lowest BCUT2D eigenvalue weighted by Crippen LogP contribution is -2.43. The molecule has 2 aromatic rings. The van der Waals surface area contributed by atoms with E-state index in [2.05, 4.69) is 18.9 Å². The van der Waals surface area contributed by atoms with Crippen LogP contribution in [0.3, 0.4) is 0 Å². The zero-order valence-corrected chi connectivity index (χ0v) is 14.6. The van der Waals surface area contributed by atoms with E-state index in [9.17, 15) is 9.59 Å². The van der Waals surface area contributed by atoms with Crippen LogP contribution in [0.25, 0.3) is 10.9 Å². The van der Waals surface area contributed by atoms with Gasteiger partial charge in [0.15, 0.2) is 0 Å². The van der Waals surface area contributed by atoms with E-state index in [1.165, 1.54) is 6.20 Å². The summed E-state index contributed by atoms with van der Waals surface area (Å²) in [6, 6.07) is 7.40. The quantitative estimate of drug-likeness (QED) is 0.743. The average Bonchev–Trinajstić information content (AvgIpc) is 2.61. The number of carbonyl (C=O) groups excluding carboxylic acids is 1. The van der Waals surface area contributed by atoms with Crippen LogP contribution in [-0.2, 0) is 16.1 Å². The van der Waals surface area contributed by atoms with Gasteiger partial charge in [0.25, 0.3) is 0 Å². The topological polar surface area (TPSA) is 64.4 Å². The van der Waals surface area contributed by atoms with Crippen molar-refractivity contribution < 1.29 is 9.53 Å². The van der Waals surface area contributed by atoms with Crippen molar-refractivity contribution in [3.8, 4) is 0 Å². The van der Waals surface area contributed by atoms with Gasteiger partial charge in [0.2, 0.25) is 11.3 Å². The number of para-hydroxylation sites is 1. The molecule has 130 valence electrons. The van der Waals surface area contributed by atoms with Gasteiger partial charge in [-0.05, 0) is 25.0 Å². The highest BCUT2D eigenvalue weighted by Crippen LogP contribution is 2.12. The minimum atomic E-state index is -0.134. The molecule has 0 bridgehead atoms. The highest BCUT2D eigenvalue weighted by Gasteiger charge is 2.21. The first-order chi connectivity index (χ1) is 11.6. The van der Waals surface area contributed by atoms with Crippen molar-refractivity contribution in [1.82, 2.24) is 14.7 Å². The Kier molecular flexibility index (Phi) is 6.49. The molecule has 0 aliphatic carbocycles. The van der Waals surface area contributed by atoms with Crippen molar-refractivity contribution in [2.24, 2.45) is 0 Å². The van der Waals surface area contributed by atoms with Gasteiger partial charge in [0, 0.05) is 25.1 Å². The van der Waals surface area contributed by atoms with Crippen LogP contribution in [0.1, 0.15) is 26.7 Å². The number of ether oxygens (including phenoxy) is 1. The number of aromatic nitrogens is 2. The number of methoxy groups -OCH3 is 1. The molecule has 0 atom stereocenters. The third-order valence-corrected chi connectivity index (χ3v) is 4.29. The number of benzene rings is 1. The molecule has 1 aromatic heterocycles. The summed E-state index contributed by atoms with van der Waals surface area (Å²) in [5, 5.41) is 4.72. The van der Waals surface area contributed by atoms with Crippen LogP contribution < -0.4 is 5.43 Å². The van der Waals surface area contributed by atoms with Gasteiger partial charge in [0.1, 0.15) is 6.54 Å². The van der Waals surface area contributed by atoms with Crippen LogP contribution in [-0.4, -0.2) is 46.9 Å². The van der Waals surface area contributed by atoms with E-state index < -0.39 is 0 Å². The number of fused-ring (bicyclic) bond motifs is 1. The molecule has 0 aliphatic rings. The van der Waals surface area contributed by atoms with Gasteiger partial charge in [-0.25, -0.2) is 0 Å². The Morgan fingerprint density at radius 1 is 1.29 bits per heavy atom. The summed E-state index contributed by atoms with van der Waals surface area (Å²) in [7, 11) is 1.63. The lowest BCUT2D eigenvalue weighted by atomic mass is 10.1. The van der Waals surface area contributed by atoms with Crippen molar-refractivity contribution in [3.63, 3.8) is 0 Å². The van der Waals surface area contributed by atoms with Crippen molar-refractivity contribution in [3.05, 3.63) is 40.7 Å². The van der Waals surface area contributed by atoms with E-state index in [-0.39, 0.29) is 23.9 Å². The fourth-order valence-corrected chi connectivity index (χ4v) is 2.94. The summed E-state index contributed by atoms with van der Waals surface area (Å²) >= 11 is 0. The number of hydrogen-bond donors (Lipinski definition) is 0. The van der Waals surface area contributed by atoms with E-state index in [1.807, 2.05) is 23.1 Å². The number of rotatable bonds is 8. The smallest absolute Gasteiger partial charge is 0.244 e. The Labute approximate surface area is 142 Å². The first-order valence-corrected chi connectivity index (χ1v) is 8.35. The molecule has 0 radical (unpaired) electrons. The Morgan fingerprint density at radius 3 is 2.67 bits per heavy atom. The Morgan fingerprint density at radius 2 is 2.00 bits per heavy atom. The van der Waals surface area contributed by atoms with Gasteiger partial charge in [-0.2, -0.15) is 5.10 Å². The standard InChI is InChI=1S/C18H25N3O3/c1-4-14(5-2)20(10-11-24-3)18(23)13-21-16-9-7-6-8-15(16)17(22)12-19-21/h6-9,12,14H,4-5,10-11,13H2,1-3H3. The van der Waals surface area contributed by atoms with Crippen molar-refractivity contribution >= 4 is 16.8 Å². The lowest BCUT2D eigenvalue weighted by Gasteiger charge is -2.30. The normalized spacial score (nSPS) is 11.2. The van der Waals surface area contributed by atoms with Gasteiger partial charge < -0.3 is 9.64 Å². The zero-order valence-electron chi connectivity index (χ0n) is 14.6. The van der Waals surface area contributed by atoms with E-state index in [0.717, 1.165) is 12.8 Å². The van der Waals surface area contributed by atoms with Crippen LogP contribution in [0.15, 0.2) is 35.3 Å². The minimum Gasteiger partial charge on any atom is -0.383 e. The molecular formula is C18H25N3O3. The molecule has 24 heavy (non-hydrogen) atoms. The molecule has 0 spiro atoms. The van der Waals surface area contributed by atoms with Gasteiger partial charge in [0.05, 0.1) is 18.3 Å². The van der Waals surface area contributed by atoms with Crippen molar-refractivity contribution in [1.29, 1.82) is 0 Å². The fraction of sp³-hybridized carbons (Fsp3) is 0.500. The van der Waals surface area contributed by atoms with Crippen molar-refractivity contribution in [2.75, 3.05) is 20.3 Å². The van der Waals surface area contributed by atoms with Crippen LogP contribution in [0.5, 0.6) is 0 Å². The maximum Gasteiger partial charge on any atom is 0.244 e. The second kappa shape index (κ2) is 8.59. The Hall–Kier alpha value is -2.21. The first kappa shape index (κ1) is 18.1. The van der Waals surface area contributed by atoms with Gasteiger partial charge in [-0.1, -0.05) is 26.0 Å². The monoisotopic (exact) mass is 331 g/mol. The lowest BCUT2D eigenvalue weighted by molar-refractivity contribution is -0.135. The molecule has 1 heterocycles. The number of hydrogen-bond acceptors (Lipinski definition) is 4. The minimum absolute atomic E-state index is 0.0120. The maximum atomic E-state index is 12.8. The third-order valence-electron chi connectivity index (χ3n) is 4.29. The Balaban J connectivity index is 2.29. The summed E-state index contributed by atoms with van der Waals surface area (Å²) in [4.78, 5) is 26.6. The summed E-state index contributed by atoms with van der Waals surface area (Å²) in [6.45, 7) is 5.32. The van der Waals surface area contributed by atoms with Crippen LogP contribution >= 0.6 is 0 Å². The Bertz CT molecular complexity index is 738. The third kappa shape index (κ3) is 4.00. The molecule has 0 saturated heterocycles. The number of amides is 1. The van der Waals surface area contributed by atoms with Crippen LogP contribution in [0, 0.1) is 0 Å².